The molecule has 1 heterocycles. The van der Waals surface area contributed by atoms with Crippen LogP contribution >= 0.6 is 11.3 Å². The number of para-hydroxylation sites is 1. The molecule has 0 saturated carbocycles. The van der Waals surface area contributed by atoms with Gasteiger partial charge in [0, 0.05) is 10.6 Å². The van der Waals surface area contributed by atoms with Gasteiger partial charge < -0.3 is 5.32 Å². The fourth-order valence-corrected chi connectivity index (χ4v) is 2.52. The number of anilines is 1. The quantitative estimate of drug-likeness (QED) is 0.693. The van der Waals surface area contributed by atoms with Crippen LogP contribution in [0.1, 0.15) is 14.5 Å². The number of carbonyl (C=O) groups is 2. The lowest BCUT2D eigenvalue weighted by molar-refractivity contribution is -0.117. The summed E-state index contributed by atoms with van der Waals surface area (Å²) in [5.74, 6) is -2.39. The van der Waals surface area contributed by atoms with E-state index in [1.165, 1.54) is 11.3 Å². The van der Waals surface area contributed by atoms with Gasteiger partial charge in [-0.05, 0) is 31.2 Å². The van der Waals surface area contributed by atoms with E-state index in [1.807, 2.05) is 13.0 Å². The van der Waals surface area contributed by atoms with Crippen LogP contribution in [0.5, 0.6) is 0 Å². The first-order valence-corrected chi connectivity index (χ1v) is 6.79. The van der Waals surface area contributed by atoms with E-state index in [-0.39, 0.29) is 0 Å². The van der Waals surface area contributed by atoms with Gasteiger partial charge in [-0.1, -0.05) is 18.2 Å². The van der Waals surface area contributed by atoms with Crippen molar-refractivity contribution < 1.29 is 9.59 Å². The number of nitriles is 1. The van der Waals surface area contributed by atoms with Gasteiger partial charge in [-0.2, -0.15) is 5.26 Å². The molecule has 1 aromatic carbocycles. The maximum absolute atomic E-state index is 12.1. The standard InChI is InChI=1S/C15H12N2O2S/c1-10-7-8-13(20-10)14(18)12(9-16)15(19)17-11-5-3-2-4-6-11/h2-8,12H,1H3,(H,17,19)/t12-/m0/s1. The molecule has 0 unspecified atom stereocenters. The summed E-state index contributed by atoms with van der Waals surface area (Å²) < 4.78 is 0. The summed E-state index contributed by atoms with van der Waals surface area (Å²) >= 11 is 1.28. The Morgan fingerprint density at radius 3 is 2.45 bits per heavy atom. The Hall–Kier alpha value is -2.45. The highest BCUT2D eigenvalue weighted by Crippen LogP contribution is 2.20. The van der Waals surface area contributed by atoms with Gasteiger partial charge in [-0.25, -0.2) is 0 Å². The van der Waals surface area contributed by atoms with Crippen molar-refractivity contribution in [3.8, 4) is 6.07 Å². The van der Waals surface area contributed by atoms with Crippen molar-refractivity contribution in [3.63, 3.8) is 0 Å². The molecule has 0 aliphatic rings. The highest BCUT2D eigenvalue weighted by Gasteiger charge is 2.28. The zero-order chi connectivity index (χ0) is 14.5. The van der Waals surface area contributed by atoms with Crippen LogP contribution < -0.4 is 5.32 Å². The van der Waals surface area contributed by atoms with Gasteiger partial charge in [0.1, 0.15) is 0 Å². The molecule has 100 valence electrons. The third kappa shape index (κ3) is 3.11. The van der Waals surface area contributed by atoms with Gasteiger partial charge in [0.2, 0.25) is 5.91 Å². The second-order valence-corrected chi connectivity index (χ2v) is 5.48. The van der Waals surface area contributed by atoms with Crippen LogP contribution in [0.3, 0.4) is 0 Å². The van der Waals surface area contributed by atoms with Crippen LogP contribution in [0, 0.1) is 24.2 Å². The number of Topliss-reactive ketones (excluding diaryl/α,β-unsaturated/α-hetero) is 1. The Kier molecular flexibility index (Phi) is 4.28. The molecule has 1 aromatic heterocycles. The fourth-order valence-electron chi connectivity index (χ4n) is 1.68. The molecule has 0 radical (unpaired) electrons. The smallest absolute Gasteiger partial charge is 0.249 e. The molecule has 4 nitrogen and oxygen atoms in total. The highest BCUT2D eigenvalue weighted by molar-refractivity contribution is 7.14. The van der Waals surface area contributed by atoms with E-state index >= 15 is 0 Å². The van der Waals surface area contributed by atoms with E-state index < -0.39 is 17.6 Å². The summed E-state index contributed by atoms with van der Waals surface area (Å²) in [5, 5.41) is 11.7. The molecule has 0 bridgehead atoms. The number of benzene rings is 1. The Morgan fingerprint density at radius 2 is 1.90 bits per heavy atom. The molecule has 20 heavy (non-hydrogen) atoms. The monoisotopic (exact) mass is 284 g/mol. The van der Waals surface area contributed by atoms with Gasteiger partial charge in [0.05, 0.1) is 10.9 Å². The summed E-state index contributed by atoms with van der Waals surface area (Å²) in [5.41, 5.74) is 0.563. The first-order valence-electron chi connectivity index (χ1n) is 5.98. The van der Waals surface area contributed by atoms with E-state index in [9.17, 15) is 9.59 Å². The third-order valence-corrected chi connectivity index (χ3v) is 3.69. The maximum atomic E-state index is 12.1. The summed E-state index contributed by atoms with van der Waals surface area (Å²) in [6, 6.07) is 14.0. The van der Waals surface area contributed by atoms with Gasteiger partial charge in [-0.3, -0.25) is 9.59 Å². The Balaban J connectivity index is 2.14. The van der Waals surface area contributed by atoms with E-state index in [0.717, 1.165) is 4.88 Å². The van der Waals surface area contributed by atoms with Crippen LogP contribution in [0.2, 0.25) is 0 Å². The van der Waals surface area contributed by atoms with Crippen LogP contribution in [0.15, 0.2) is 42.5 Å². The minimum Gasteiger partial charge on any atom is -0.325 e. The topological polar surface area (TPSA) is 70.0 Å². The molecular weight excluding hydrogens is 272 g/mol. The summed E-state index contributed by atoms with van der Waals surface area (Å²) in [6.45, 7) is 1.87. The number of hydrogen-bond donors (Lipinski definition) is 1. The van der Waals surface area contributed by atoms with E-state index in [1.54, 1.807) is 42.5 Å². The lowest BCUT2D eigenvalue weighted by atomic mass is 10.0. The van der Waals surface area contributed by atoms with Gasteiger partial charge >= 0.3 is 0 Å². The fraction of sp³-hybridized carbons (Fsp3) is 0.133. The Bertz CT molecular complexity index is 671. The van der Waals surface area contributed by atoms with Gasteiger partial charge in [-0.15, -0.1) is 11.3 Å². The normalized spacial score (nSPS) is 11.4. The minimum atomic E-state index is -1.33. The number of aryl methyl sites for hydroxylation is 1. The van der Waals surface area contributed by atoms with Crippen LogP contribution in [0.25, 0.3) is 0 Å². The molecule has 0 spiro atoms. The van der Waals surface area contributed by atoms with Crippen molar-refractivity contribution >= 4 is 28.7 Å². The first kappa shape index (κ1) is 14.0. The summed E-state index contributed by atoms with van der Waals surface area (Å²) in [4.78, 5) is 25.6. The average molecular weight is 284 g/mol. The summed E-state index contributed by atoms with van der Waals surface area (Å²) in [6.07, 6.45) is 0. The molecule has 1 N–H and O–H groups in total. The molecular formula is C15H12N2O2S. The molecule has 0 fully saturated rings. The number of carbonyl (C=O) groups excluding carboxylic acids is 2. The zero-order valence-corrected chi connectivity index (χ0v) is 11.6. The number of amides is 1. The molecule has 2 aromatic rings. The molecule has 0 aliphatic carbocycles. The van der Waals surface area contributed by atoms with Crippen molar-refractivity contribution in [3.05, 3.63) is 52.2 Å². The molecule has 1 amide bonds. The van der Waals surface area contributed by atoms with E-state index in [0.29, 0.717) is 10.6 Å². The number of hydrogen-bond acceptors (Lipinski definition) is 4. The second kappa shape index (κ2) is 6.13. The summed E-state index contributed by atoms with van der Waals surface area (Å²) in [7, 11) is 0. The van der Waals surface area contributed by atoms with Crippen LogP contribution in [-0.4, -0.2) is 11.7 Å². The Morgan fingerprint density at radius 1 is 1.20 bits per heavy atom. The minimum absolute atomic E-state index is 0.428. The van der Waals surface area contributed by atoms with Gasteiger partial charge in [0.15, 0.2) is 11.7 Å². The van der Waals surface area contributed by atoms with E-state index in [4.69, 9.17) is 5.26 Å². The molecule has 1 atom stereocenters. The van der Waals surface area contributed by atoms with Crippen molar-refractivity contribution in [2.75, 3.05) is 5.32 Å². The van der Waals surface area contributed by atoms with Crippen molar-refractivity contribution in [2.45, 2.75) is 6.92 Å². The predicted molar refractivity (Wildman–Crippen MR) is 77.6 cm³/mol. The SMILES string of the molecule is Cc1ccc(C(=O)[C@H](C#N)C(=O)Nc2ccccc2)s1. The number of nitrogens with one attached hydrogen (secondary N) is 1. The van der Waals surface area contributed by atoms with Gasteiger partial charge in [0.25, 0.3) is 0 Å². The lowest BCUT2D eigenvalue weighted by Crippen LogP contribution is -2.28. The number of rotatable bonds is 4. The van der Waals surface area contributed by atoms with E-state index in [2.05, 4.69) is 5.32 Å². The van der Waals surface area contributed by atoms with Crippen molar-refractivity contribution in [1.82, 2.24) is 0 Å². The molecule has 0 saturated heterocycles. The average Bonchev–Trinajstić information content (AvgIpc) is 2.87. The van der Waals surface area contributed by atoms with Crippen LogP contribution in [-0.2, 0) is 4.79 Å². The lowest BCUT2D eigenvalue weighted by Gasteiger charge is -2.08. The maximum Gasteiger partial charge on any atom is 0.249 e. The third-order valence-electron chi connectivity index (χ3n) is 2.68. The molecule has 5 heteroatoms. The van der Waals surface area contributed by atoms with Crippen LogP contribution in [0.4, 0.5) is 5.69 Å². The zero-order valence-electron chi connectivity index (χ0n) is 10.8. The van der Waals surface area contributed by atoms with Crippen molar-refractivity contribution in [2.24, 2.45) is 5.92 Å². The second-order valence-electron chi connectivity index (χ2n) is 4.19. The predicted octanol–water partition coefficient (Wildman–Crippen LogP) is 3.02. The van der Waals surface area contributed by atoms with Crippen molar-refractivity contribution in [1.29, 1.82) is 5.26 Å². The number of thiophene rings is 1. The first-order chi connectivity index (χ1) is 9.61. The number of nitrogens with zero attached hydrogens (tertiary/aromatic N) is 1. The largest absolute Gasteiger partial charge is 0.325 e. The molecule has 0 aliphatic heterocycles. The highest BCUT2D eigenvalue weighted by atomic mass is 32.1. The number of ketones is 1. The molecule has 2 rings (SSSR count). The Labute approximate surface area is 120 Å².